The Morgan fingerprint density at radius 1 is 1.16 bits per heavy atom. The first-order valence-corrected chi connectivity index (χ1v) is 13.3. The van der Waals surface area contributed by atoms with E-state index in [0.717, 1.165) is 29.0 Å². The molecule has 1 saturated carbocycles. The molecule has 0 bridgehead atoms. The van der Waals surface area contributed by atoms with Crippen molar-refractivity contribution < 1.29 is 18.0 Å². The quantitative estimate of drug-likeness (QED) is 0.636. The van der Waals surface area contributed by atoms with E-state index in [1.54, 1.807) is 36.0 Å². The van der Waals surface area contributed by atoms with Gasteiger partial charge in [-0.2, -0.15) is 0 Å². The number of nitrogens with one attached hydrogen (secondary N) is 1. The summed E-state index contributed by atoms with van der Waals surface area (Å²) < 4.78 is 25.7. The largest absolute Gasteiger partial charge is 0.326 e. The van der Waals surface area contributed by atoms with Crippen LogP contribution in [0, 0.1) is 5.92 Å². The van der Waals surface area contributed by atoms with Gasteiger partial charge in [-0.15, -0.1) is 11.8 Å². The van der Waals surface area contributed by atoms with Crippen LogP contribution >= 0.6 is 11.8 Å². The minimum absolute atomic E-state index is 0.0314. The summed E-state index contributed by atoms with van der Waals surface area (Å²) in [6.45, 7) is 1.99. The van der Waals surface area contributed by atoms with Crippen LogP contribution in [0.3, 0.4) is 0 Å². The van der Waals surface area contributed by atoms with Crippen LogP contribution in [0.5, 0.6) is 0 Å². The van der Waals surface area contributed by atoms with Crippen molar-refractivity contribution in [2.24, 2.45) is 5.92 Å². The lowest BCUT2D eigenvalue weighted by molar-refractivity contribution is -0.120. The predicted molar refractivity (Wildman–Crippen MR) is 123 cm³/mol. The van der Waals surface area contributed by atoms with Gasteiger partial charge in [0.1, 0.15) is 0 Å². The molecule has 6 nitrogen and oxygen atoms in total. The van der Waals surface area contributed by atoms with Crippen molar-refractivity contribution in [1.82, 2.24) is 0 Å². The Balaban J connectivity index is 1.42. The molecule has 1 heterocycles. The van der Waals surface area contributed by atoms with Crippen LogP contribution in [-0.2, 0) is 25.8 Å². The Labute approximate surface area is 187 Å². The van der Waals surface area contributed by atoms with Gasteiger partial charge in [0, 0.05) is 34.7 Å². The van der Waals surface area contributed by atoms with Gasteiger partial charge in [0.25, 0.3) is 0 Å². The van der Waals surface area contributed by atoms with Crippen LogP contribution in [0.15, 0.2) is 52.3 Å². The van der Waals surface area contributed by atoms with Crippen molar-refractivity contribution in [2.75, 3.05) is 22.2 Å². The van der Waals surface area contributed by atoms with Crippen LogP contribution in [0.4, 0.5) is 11.4 Å². The number of anilines is 2. The van der Waals surface area contributed by atoms with E-state index >= 15 is 0 Å². The number of carbonyl (C=O) groups excluding carboxylic acids is 2. The summed E-state index contributed by atoms with van der Waals surface area (Å²) in [5.74, 6) is -0.339. The van der Waals surface area contributed by atoms with Crippen molar-refractivity contribution >= 4 is 44.8 Å². The third-order valence-corrected chi connectivity index (χ3v) is 8.18. The number of benzene rings is 2. The Kier molecular flexibility index (Phi) is 6.12. The van der Waals surface area contributed by atoms with E-state index in [2.05, 4.69) is 5.32 Å². The molecule has 164 valence electrons. The second kappa shape index (κ2) is 8.67. The normalized spacial score (nSPS) is 18.0. The number of nitrogens with zero attached hydrogens (tertiary/aromatic N) is 1. The van der Waals surface area contributed by atoms with Crippen LogP contribution in [0.2, 0.25) is 0 Å². The second-order valence-corrected chi connectivity index (χ2v) is 11.2. The number of fused-ring (bicyclic) bond motifs is 1. The summed E-state index contributed by atoms with van der Waals surface area (Å²) in [5.41, 5.74) is 2.34. The molecule has 8 heteroatoms. The Bertz CT molecular complexity index is 1130. The van der Waals surface area contributed by atoms with Gasteiger partial charge in [0.05, 0.1) is 10.6 Å². The van der Waals surface area contributed by atoms with Gasteiger partial charge in [0.15, 0.2) is 9.84 Å². The van der Waals surface area contributed by atoms with Gasteiger partial charge in [-0.1, -0.05) is 6.07 Å². The topological polar surface area (TPSA) is 83.6 Å². The fraction of sp³-hybridized carbons (Fsp3) is 0.391. The molecule has 1 fully saturated rings. The second-order valence-electron chi connectivity index (χ2n) is 8.18. The van der Waals surface area contributed by atoms with E-state index in [1.165, 1.54) is 0 Å². The van der Waals surface area contributed by atoms with E-state index in [4.69, 9.17) is 0 Å². The number of rotatable bonds is 7. The molecule has 1 atom stereocenters. The van der Waals surface area contributed by atoms with Crippen molar-refractivity contribution in [1.29, 1.82) is 0 Å². The average molecular weight is 459 g/mol. The number of amides is 2. The maximum Gasteiger partial charge on any atom is 0.230 e. The van der Waals surface area contributed by atoms with Crippen LogP contribution in [-0.4, -0.2) is 38.3 Å². The highest BCUT2D eigenvalue weighted by atomic mass is 32.2. The Hall–Kier alpha value is -2.32. The first-order valence-electron chi connectivity index (χ1n) is 10.4. The molecule has 1 unspecified atom stereocenters. The summed E-state index contributed by atoms with van der Waals surface area (Å²) in [6, 6.07) is 12.4. The minimum atomic E-state index is -3.61. The summed E-state index contributed by atoms with van der Waals surface area (Å²) in [5, 5.41) is 2.76. The fourth-order valence-electron chi connectivity index (χ4n) is 3.93. The summed E-state index contributed by atoms with van der Waals surface area (Å²) in [4.78, 5) is 27.9. The van der Waals surface area contributed by atoms with Gasteiger partial charge < -0.3 is 10.2 Å². The summed E-state index contributed by atoms with van der Waals surface area (Å²) in [6.07, 6.45) is 4.35. The minimum Gasteiger partial charge on any atom is -0.326 e. The van der Waals surface area contributed by atoms with Crippen LogP contribution < -0.4 is 10.2 Å². The highest BCUT2D eigenvalue weighted by molar-refractivity contribution is 7.98. The molecule has 1 aliphatic heterocycles. The summed E-state index contributed by atoms with van der Waals surface area (Å²) in [7, 11) is -3.61. The van der Waals surface area contributed by atoms with Crippen molar-refractivity contribution in [3.05, 3.63) is 48.0 Å². The van der Waals surface area contributed by atoms with Crippen LogP contribution in [0.1, 0.15) is 31.7 Å². The zero-order chi connectivity index (χ0) is 22.2. The average Bonchev–Trinajstić information content (AvgIpc) is 3.54. The zero-order valence-electron chi connectivity index (χ0n) is 17.6. The first kappa shape index (κ1) is 21.9. The lowest BCUT2D eigenvalue weighted by Gasteiger charge is -2.22. The predicted octanol–water partition coefficient (Wildman–Crippen LogP) is 3.90. The van der Waals surface area contributed by atoms with E-state index in [1.807, 2.05) is 36.3 Å². The molecule has 4 rings (SSSR count). The summed E-state index contributed by atoms with van der Waals surface area (Å²) >= 11 is 1.57. The number of sulfone groups is 1. The lowest BCUT2D eigenvalue weighted by atomic mass is 10.1. The fourth-order valence-corrected chi connectivity index (χ4v) is 5.68. The SMILES string of the molecule is CSc1cccc(NC(=O)CCS(=O)(=O)c2ccc3c(c2)CC(C)N3C(=O)C2CC2)c1. The number of thioether (sulfide) groups is 1. The maximum absolute atomic E-state index is 12.8. The van der Waals surface area contributed by atoms with Gasteiger partial charge in [0.2, 0.25) is 11.8 Å². The van der Waals surface area contributed by atoms with Gasteiger partial charge in [-0.3, -0.25) is 9.59 Å². The standard InChI is InChI=1S/C23H26N2O4S2/c1-15-12-17-13-20(8-9-21(17)25(15)23(27)16-6-7-16)31(28,29)11-10-22(26)24-18-4-3-5-19(14-18)30-2/h3-5,8-9,13-16H,6-7,10-12H2,1-2H3,(H,24,26). The van der Waals surface area contributed by atoms with Crippen molar-refractivity contribution in [3.63, 3.8) is 0 Å². The number of hydrogen-bond acceptors (Lipinski definition) is 5. The molecule has 0 spiro atoms. The van der Waals surface area contributed by atoms with Crippen molar-refractivity contribution in [3.8, 4) is 0 Å². The van der Waals surface area contributed by atoms with E-state index in [-0.39, 0.29) is 40.8 Å². The third kappa shape index (κ3) is 4.80. The van der Waals surface area contributed by atoms with E-state index in [0.29, 0.717) is 12.1 Å². The van der Waals surface area contributed by atoms with Gasteiger partial charge in [-0.25, -0.2) is 8.42 Å². The molecule has 2 aliphatic rings. The van der Waals surface area contributed by atoms with Crippen molar-refractivity contribution in [2.45, 2.75) is 48.4 Å². The first-order chi connectivity index (χ1) is 14.8. The molecule has 0 radical (unpaired) electrons. The molecule has 1 N–H and O–H groups in total. The monoisotopic (exact) mass is 458 g/mol. The highest BCUT2D eigenvalue weighted by Gasteiger charge is 2.39. The van der Waals surface area contributed by atoms with E-state index < -0.39 is 9.84 Å². The number of hydrogen-bond donors (Lipinski definition) is 1. The molecule has 2 aromatic rings. The molecule has 1 aliphatic carbocycles. The molecule has 31 heavy (non-hydrogen) atoms. The number of carbonyl (C=O) groups is 2. The lowest BCUT2D eigenvalue weighted by Crippen LogP contribution is -2.36. The van der Waals surface area contributed by atoms with Gasteiger partial charge in [-0.05, 0) is 74.4 Å². The molecule has 2 amide bonds. The third-order valence-electron chi connectivity index (χ3n) is 5.74. The van der Waals surface area contributed by atoms with Crippen LogP contribution in [0.25, 0.3) is 0 Å². The highest BCUT2D eigenvalue weighted by Crippen LogP contribution is 2.39. The Morgan fingerprint density at radius 2 is 1.94 bits per heavy atom. The Morgan fingerprint density at radius 3 is 2.65 bits per heavy atom. The molecular weight excluding hydrogens is 432 g/mol. The molecule has 2 aromatic carbocycles. The van der Waals surface area contributed by atoms with E-state index in [9.17, 15) is 18.0 Å². The van der Waals surface area contributed by atoms with Gasteiger partial charge >= 0.3 is 0 Å². The maximum atomic E-state index is 12.8. The molecule has 0 aromatic heterocycles. The smallest absolute Gasteiger partial charge is 0.230 e. The zero-order valence-corrected chi connectivity index (χ0v) is 19.3. The molecule has 0 saturated heterocycles. The molecular formula is C23H26N2O4S2.